The average Bonchev–Trinajstić information content (AvgIpc) is 3.58. The normalized spacial score (nSPS) is 14.6. The number of carbonyl (C=O) groups is 1. The fourth-order valence-electron chi connectivity index (χ4n) is 3.85. The third kappa shape index (κ3) is 4.39. The molecule has 1 aliphatic rings. The first-order valence-corrected chi connectivity index (χ1v) is 13.0. The highest BCUT2D eigenvalue weighted by atomic mass is 32.2. The first kappa shape index (κ1) is 22.4. The van der Waals surface area contributed by atoms with Gasteiger partial charge in [-0.15, -0.1) is 11.3 Å². The van der Waals surface area contributed by atoms with Crippen LogP contribution >= 0.6 is 11.3 Å². The van der Waals surface area contributed by atoms with Crippen molar-refractivity contribution in [1.82, 2.24) is 18.8 Å². The molecule has 1 aromatic carbocycles. The molecule has 0 aliphatic carbocycles. The van der Waals surface area contributed by atoms with E-state index in [9.17, 15) is 18.0 Å². The highest BCUT2D eigenvalue weighted by Crippen LogP contribution is 2.25. The number of fused-ring (bicyclic) bond motifs is 1. The molecule has 34 heavy (non-hydrogen) atoms. The summed E-state index contributed by atoms with van der Waals surface area (Å²) in [5.41, 5.74) is 1.98. The molecule has 10 nitrogen and oxygen atoms in total. The molecule has 1 N–H and O–H groups in total. The fourth-order valence-corrected chi connectivity index (χ4v) is 6.11. The number of hydrogen-bond donors (Lipinski definition) is 1. The van der Waals surface area contributed by atoms with Crippen molar-refractivity contribution in [3.05, 3.63) is 58.5 Å². The quantitative estimate of drug-likeness (QED) is 0.414. The molecule has 1 saturated heterocycles. The third-order valence-corrected chi connectivity index (χ3v) is 8.24. The molecule has 4 aromatic rings. The van der Waals surface area contributed by atoms with E-state index in [1.54, 1.807) is 17.6 Å². The van der Waals surface area contributed by atoms with Crippen LogP contribution in [0.15, 0.2) is 62.1 Å². The number of nitrogens with zero attached hydrogens (tertiary/aromatic N) is 4. The maximum Gasteiger partial charge on any atom is 0.419 e. The highest BCUT2D eigenvalue weighted by Gasteiger charge is 2.28. The molecule has 12 heteroatoms. The van der Waals surface area contributed by atoms with Crippen LogP contribution in [0.5, 0.6) is 0 Å². The Morgan fingerprint density at radius 1 is 1.15 bits per heavy atom. The summed E-state index contributed by atoms with van der Waals surface area (Å²) in [5, 5.41) is 4.97. The van der Waals surface area contributed by atoms with Gasteiger partial charge in [-0.25, -0.2) is 18.2 Å². The van der Waals surface area contributed by atoms with Gasteiger partial charge in [0, 0.05) is 43.7 Å². The van der Waals surface area contributed by atoms with Crippen molar-refractivity contribution < 1.29 is 17.6 Å². The predicted octanol–water partition coefficient (Wildman–Crippen LogP) is 2.93. The lowest BCUT2D eigenvalue weighted by Gasteiger charge is -2.15. The van der Waals surface area contributed by atoms with E-state index >= 15 is 0 Å². The number of aryl methyl sites for hydroxylation is 1. The molecule has 0 saturated carbocycles. The van der Waals surface area contributed by atoms with Crippen LogP contribution in [0.2, 0.25) is 0 Å². The molecule has 0 unspecified atom stereocenters. The number of anilines is 1. The smallest absolute Gasteiger partial charge is 0.408 e. The van der Waals surface area contributed by atoms with Gasteiger partial charge in [-0.2, -0.15) is 4.31 Å². The summed E-state index contributed by atoms with van der Waals surface area (Å²) >= 11 is 1.29. The van der Waals surface area contributed by atoms with Crippen molar-refractivity contribution in [2.24, 2.45) is 0 Å². The van der Waals surface area contributed by atoms with Gasteiger partial charge in [-0.3, -0.25) is 14.3 Å². The molecule has 0 radical (unpaired) electrons. The summed E-state index contributed by atoms with van der Waals surface area (Å²) in [7, 11) is -3.62. The minimum Gasteiger partial charge on any atom is -0.408 e. The molecule has 0 bridgehead atoms. The standard InChI is InChI=1S/C22H21N5O5S2/c28-20(25-21-24-17(14-33-21)16-5-1-2-9-23-16)8-12-27-18-7-6-15(13-19(18)32-22(27)29)34(30,31)26-10-3-4-11-26/h1-2,5-7,9,13-14H,3-4,8,10-12H2,(H,24,25,28). The number of aromatic nitrogens is 3. The largest absolute Gasteiger partial charge is 0.419 e. The summed E-state index contributed by atoms with van der Waals surface area (Å²) < 4.78 is 33.6. The van der Waals surface area contributed by atoms with E-state index in [2.05, 4.69) is 15.3 Å². The molecular formula is C22H21N5O5S2. The van der Waals surface area contributed by atoms with Gasteiger partial charge in [0.2, 0.25) is 15.9 Å². The second kappa shape index (κ2) is 9.12. The summed E-state index contributed by atoms with van der Waals surface area (Å²) in [6, 6.07) is 9.89. The number of carbonyl (C=O) groups excluding carboxylic acids is 1. The fraction of sp³-hybridized carbons (Fsp3) is 0.273. The molecule has 1 aliphatic heterocycles. The molecule has 1 fully saturated rings. The number of sulfonamides is 1. The van der Waals surface area contributed by atoms with Gasteiger partial charge in [0.05, 0.1) is 16.1 Å². The number of benzene rings is 1. The zero-order valence-electron chi connectivity index (χ0n) is 18.0. The SMILES string of the molecule is O=C(CCn1c(=O)oc2cc(S(=O)(=O)N3CCCC3)ccc21)Nc1nc(-c2ccccn2)cs1. The Bertz CT molecular complexity index is 1500. The number of thiazole rings is 1. The zero-order valence-corrected chi connectivity index (χ0v) is 19.6. The lowest BCUT2D eigenvalue weighted by atomic mass is 10.3. The average molecular weight is 500 g/mol. The van der Waals surface area contributed by atoms with E-state index < -0.39 is 15.8 Å². The molecule has 176 valence electrons. The Labute approximate surface area is 198 Å². The van der Waals surface area contributed by atoms with E-state index in [-0.39, 0.29) is 29.4 Å². The minimum absolute atomic E-state index is 0.0148. The van der Waals surface area contributed by atoms with Gasteiger partial charge >= 0.3 is 5.76 Å². The molecule has 5 rings (SSSR count). The Balaban J connectivity index is 1.28. The van der Waals surface area contributed by atoms with Crippen molar-refractivity contribution in [3.63, 3.8) is 0 Å². The highest BCUT2D eigenvalue weighted by molar-refractivity contribution is 7.89. The molecule has 0 atom stereocenters. The summed E-state index contributed by atoms with van der Waals surface area (Å²) in [6.07, 6.45) is 3.35. The number of amides is 1. The Kier molecular flexibility index (Phi) is 6.02. The Morgan fingerprint density at radius 3 is 2.74 bits per heavy atom. The van der Waals surface area contributed by atoms with E-state index in [1.807, 2.05) is 18.2 Å². The molecular weight excluding hydrogens is 478 g/mol. The van der Waals surface area contributed by atoms with Crippen LogP contribution in [-0.2, 0) is 21.4 Å². The number of hydrogen-bond acceptors (Lipinski definition) is 8. The van der Waals surface area contributed by atoms with Crippen LogP contribution < -0.4 is 11.1 Å². The van der Waals surface area contributed by atoms with Crippen molar-refractivity contribution >= 4 is 43.5 Å². The molecule has 0 spiro atoms. The predicted molar refractivity (Wildman–Crippen MR) is 127 cm³/mol. The van der Waals surface area contributed by atoms with Crippen molar-refractivity contribution in [2.75, 3.05) is 18.4 Å². The van der Waals surface area contributed by atoms with Crippen LogP contribution in [-0.4, -0.2) is 46.3 Å². The van der Waals surface area contributed by atoms with Gasteiger partial charge in [-0.05, 0) is 37.1 Å². The van der Waals surface area contributed by atoms with Crippen molar-refractivity contribution in [1.29, 1.82) is 0 Å². The maximum absolute atomic E-state index is 12.8. The molecule has 4 heterocycles. The summed E-state index contributed by atoms with van der Waals surface area (Å²) in [6.45, 7) is 1.06. The maximum atomic E-state index is 12.8. The van der Waals surface area contributed by atoms with Gasteiger partial charge in [0.1, 0.15) is 5.69 Å². The first-order chi connectivity index (χ1) is 16.4. The third-order valence-electron chi connectivity index (χ3n) is 5.58. The van der Waals surface area contributed by atoms with Gasteiger partial charge in [0.25, 0.3) is 0 Å². The molecule has 1 amide bonds. The Hall–Kier alpha value is -3.35. The first-order valence-electron chi connectivity index (χ1n) is 10.7. The zero-order chi connectivity index (χ0) is 23.7. The minimum atomic E-state index is -3.62. The van der Waals surface area contributed by atoms with Crippen LogP contribution in [0, 0.1) is 0 Å². The topological polar surface area (TPSA) is 127 Å². The molecule has 3 aromatic heterocycles. The second-order valence-corrected chi connectivity index (χ2v) is 10.6. The number of nitrogens with one attached hydrogen (secondary N) is 1. The van der Waals surface area contributed by atoms with Crippen LogP contribution in [0.3, 0.4) is 0 Å². The van der Waals surface area contributed by atoms with E-state index in [4.69, 9.17) is 4.42 Å². The monoisotopic (exact) mass is 499 g/mol. The second-order valence-electron chi connectivity index (χ2n) is 7.81. The lowest BCUT2D eigenvalue weighted by molar-refractivity contribution is -0.116. The number of rotatable bonds is 7. The Morgan fingerprint density at radius 2 is 1.97 bits per heavy atom. The number of pyridine rings is 1. The van der Waals surface area contributed by atoms with E-state index in [0.29, 0.717) is 35.1 Å². The lowest BCUT2D eigenvalue weighted by Crippen LogP contribution is -2.27. The van der Waals surface area contributed by atoms with Crippen molar-refractivity contribution in [2.45, 2.75) is 30.7 Å². The summed E-state index contributed by atoms with van der Waals surface area (Å²) in [5.74, 6) is -0.957. The number of oxazole rings is 1. The van der Waals surface area contributed by atoms with Crippen LogP contribution in [0.1, 0.15) is 19.3 Å². The summed E-state index contributed by atoms with van der Waals surface area (Å²) in [4.78, 5) is 33.5. The van der Waals surface area contributed by atoms with Gasteiger partial charge in [0.15, 0.2) is 10.7 Å². The van der Waals surface area contributed by atoms with Gasteiger partial charge < -0.3 is 9.73 Å². The van der Waals surface area contributed by atoms with Crippen molar-refractivity contribution in [3.8, 4) is 11.4 Å². The van der Waals surface area contributed by atoms with E-state index in [1.165, 1.54) is 32.3 Å². The van der Waals surface area contributed by atoms with Crippen LogP contribution in [0.25, 0.3) is 22.5 Å². The van der Waals surface area contributed by atoms with E-state index in [0.717, 1.165) is 12.8 Å². The van der Waals surface area contributed by atoms with Crippen LogP contribution in [0.4, 0.5) is 5.13 Å². The van der Waals surface area contributed by atoms with Gasteiger partial charge in [-0.1, -0.05) is 6.07 Å².